The maximum atomic E-state index is 11.8. The molecule has 0 aliphatic heterocycles. The first kappa shape index (κ1) is 13.5. The van der Waals surface area contributed by atoms with Gasteiger partial charge in [0.05, 0.1) is 0 Å². The molecule has 3 heteroatoms. The summed E-state index contributed by atoms with van der Waals surface area (Å²) in [7, 11) is 1.58. The maximum Gasteiger partial charge on any atom is 0.249 e. The largest absolute Gasteiger partial charge is 0.372 e. The molecule has 1 N–H and O–H groups in total. The minimum atomic E-state index is -0.329. The Morgan fingerprint density at radius 1 is 1.44 bits per heavy atom. The molecule has 0 aromatic carbocycles. The van der Waals surface area contributed by atoms with Crippen LogP contribution in [0.2, 0.25) is 0 Å². The van der Waals surface area contributed by atoms with Gasteiger partial charge in [-0.1, -0.05) is 26.2 Å². The molecule has 0 aromatic rings. The van der Waals surface area contributed by atoms with Crippen LogP contribution in [0.25, 0.3) is 0 Å². The Morgan fingerprint density at radius 2 is 2.12 bits per heavy atom. The third-order valence-corrected chi connectivity index (χ3v) is 3.62. The first-order valence-electron chi connectivity index (χ1n) is 6.52. The molecule has 1 aliphatic rings. The molecule has 1 saturated carbocycles. The third kappa shape index (κ3) is 3.78. The Morgan fingerprint density at radius 3 is 2.75 bits per heavy atom. The molecule has 1 amide bonds. The van der Waals surface area contributed by atoms with Crippen molar-refractivity contribution in [3.63, 3.8) is 0 Å². The minimum Gasteiger partial charge on any atom is -0.372 e. The monoisotopic (exact) mass is 227 g/mol. The van der Waals surface area contributed by atoms with Crippen molar-refractivity contribution in [3.8, 4) is 0 Å². The van der Waals surface area contributed by atoms with E-state index in [1.54, 1.807) is 14.0 Å². The van der Waals surface area contributed by atoms with E-state index >= 15 is 0 Å². The lowest BCUT2D eigenvalue weighted by Gasteiger charge is -2.32. The van der Waals surface area contributed by atoms with Gasteiger partial charge in [0.2, 0.25) is 5.91 Å². The van der Waals surface area contributed by atoms with E-state index in [1.807, 2.05) is 0 Å². The average Bonchev–Trinajstić information content (AvgIpc) is 2.31. The highest BCUT2D eigenvalue weighted by molar-refractivity contribution is 5.80. The van der Waals surface area contributed by atoms with Crippen molar-refractivity contribution in [3.05, 3.63) is 0 Å². The molecule has 1 rings (SSSR count). The smallest absolute Gasteiger partial charge is 0.249 e. The summed E-state index contributed by atoms with van der Waals surface area (Å²) in [5.74, 6) is 0.710. The second-order valence-electron chi connectivity index (χ2n) is 4.83. The molecule has 94 valence electrons. The third-order valence-electron chi connectivity index (χ3n) is 3.62. The molecule has 0 bridgehead atoms. The van der Waals surface area contributed by atoms with Crippen LogP contribution >= 0.6 is 0 Å². The summed E-state index contributed by atoms with van der Waals surface area (Å²) in [5.41, 5.74) is 0. The molecule has 0 unspecified atom stereocenters. The Labute approximate surface area is 98.9 Å². The van der Waals surface area contributed by atoms with Gasteiger partial charge in [-0.2, -0.15) is 0 Å². The van der Waals surface area contributed by atoms with E-state index in [4.69, 9.17) is 4.74 Å². The van der Waals surface area contributed by atoms with Crippen LogP contribution in [0.15, 0.2) is 0 Å². The number of rotatable bonds is 5. The van der Waals surface area contributed by atoms with Crippen molar-refractivity contribution in [1.29, 1.82) is 0 Å². The molecular weight excluding hydrogens is 202 g/mol. The number of hydrogen-bond acceptors (Lipinski definition) is 2. The van der Waals surface area contributed by atoms with Crippen LogP contribution in [0.4, 0.5) is 0 Å². The van der Waals surface area contributed by atoms with E-state index in [0.717, 1.165) is 6.42 Å². The van der Waals surface area contributed by atoms with Gasteiger partial charge in [0.25, 0.3) is 0 Å². The van der Waals surface area contributed by atoms with Gasteiger partial charge < -0.3 is 10.1 Å². The van der Waals surface area contributed by atoms with Crippen LogP contribution in [-0.4, -0.2) is 25.2 Å². The summed E-state index contributed by atoms with van der Waals surface area (Å²) in [6.45, 7) is 4.01. The summed E-state index contributed by atoms with van der Waals surface area (Å²) in [4.78, 5) is 11.8. The van der Waals surface area contributed by atoms with E-state index < -0.39 is 0 Å². The molecule has 0 saturated heterocycles. The summed E-state index contributed by atoms with van der Waals surface area (Å²) < 4.78 is 5.04. The van der Waals surface area contributed by atoms with Crippen molar-refractivity contribution in [2.75, 3.05) is 7.11 Å². The Hall–Kier alpha value is -0.570. The predicted molar refractivity (Wildman–Crippen MR) is 65.3 cm³/mol. The maximum absolute atomic E-state index is 11.8. The topological polar surface area (TPSA) is 38.3 Å². The van der Waals surface area contributed by atoms with Gasteiger partial charge in [-0.15, -0.1) is 0 Å². The first-order valence-corrected chi connectivity index (χ1v) is 6.52. The van der Waals surface area contributed by atoms with Gasteiger partial charge in [0.1, 0.15) is 6.10 Å². The molecule has 16 heavy (non-hydrogen) atoms. The van der Waals surface area contributed by atoms with Crippen molar-refractivity contribution in [2.45, 2.75) is 64.5 Å². The van der Waals surface area contributed by atoms with Crippen LogP contribution < -0.4 is 5.32 Å². The highest BCUT2D eigenvalue weighted by atomic mass is 16.5. The Balaban J connectivity index is 2.45. The van der Waals surface area contributed by atoms with E-state index in [-0.39, 0.29) is 12.0 Å². The lowest BCUT2D eigenvalue weighted by atomic mass is 9.82. The van der Waals surface area contributed by atoms with Gasteiger partial charge in [-0.3, -0.25) is 4.79 Å². The molecule has 1 aliphatic carbocycles. The molecule has 3 atom stereocenters. The van der Waals surface area contributed by atoms with Gasteiger partial charge >= 0.3 is 0 Å². The fourth-order valence-corrected chi connectivity index (χ4v) is 2.52. The Bertz CT molecular complexity index is 216. The molecule has 0 heterocycles. The van der Waals surface area contributed by atoms with E-state index in [1.165, 1.54) is 32.1 Å². The van der Waals surface area contributed by atoms with E-state index in [9.17, 15) is 4.79 Å². The number of carbonyl (C=O) groups excluding carboxylic acids is 1. The van der Waals surface area contributed by atoms with Crippen LogP contribution in [0, 0.1) is 5.92 Å². The number of methoxy groups -OCH3 is 1. The van der Waals surface area contributed by atoms with Gasteiger partial charge in [0, 0.05) is 13.2 Å². The second kappa shape index (κ2) is 6.89. The predicted octanol–water partition coefficient (Wildman–Crippen LogP) is 2.50. The standard InChI is InChI=1S/C13H25NO2/c1-4-7-11-8-5-6-9-12(11)14-13(15)10(2)16-3/h10-12H,4-9H2,1-3H3,(H,14,15)/t10-,11-,12+/m1/s1. The highest BCUT2D eigenvalue weighted by Gasteiger charge is 2.26. The molecule has 1 fully saturated rings. The van der Waals surface area contributed by atoms with Gasteiger partial charge in [-0.25, -0.2) is 0 Å². The molecule has 0 radical (unpaired) electrons. The first-order chi connectivity index (χ1) is 7.69. The fourth-order valence-electron chi connectivity index (χ4n) is 2.52. The van der Waals surface area contributed by atoms with Crippen LogP contribution in [0.1, 0.15) is 52.4 Å². The SMILES string of the molecule is CCC[C@@H]1CCCC[C@@H]1NC(=O)[C@@H](C)OC. The van der Waals surface area contributed by atoms with Gasteiger partial charge in [-0.05, 0) is 32.1 Å². The zero-order valence-corrected chi connectivity index (χ0v) is 10.8. The highest BCUT2D eigenvalue weighted by Crippen LogP contribution is 2.28. The molecule has 0 spiro atoms. The van der Waals surface area contributed by atoms with E-state index in [0.29, 0.717) is 12.0 Å². The number of amides is 1. The lowest BCUT2D eigenvalue weighted by molar-refractivity contribution is -0.131. The summed E-state index contributed by atoms with van der Waals surface area (Å²) >= 11 is 0. The fraction of sp³-hybridized carbons (Fsp3) is 0.923. The quantitative estimate of drug-likeness (QED) is 0.783. The molecular formula is C13H25NO2. The lowest BCUT2D eigenvalue weighted by Crippen LogP contribution is -2.46. The minimum absolute atomic E-state index is 0.0375. The zero-order chi connectivity index (χ0) is 12.0. The van der Waals surface area contributed by atoms with Crippen molar-refractivity contribution in [1.82, 2.24) is 5.32 Å². The van der Waals surface area contributed by atoms with Crippen molar-refractivity contribution >= 4 is 5.91 Å². The van der Waals surface area contributed by atoms with Crippen LogP contribution in [0.3, 0.4) is 0 Å². The molecule has 3 nitrogen and oxygen atoms in total. The van der Waals surface area contributed by atoms with E-state index in [2.05, 4.69) is 12.2 Å². The average molecular weight is 227 g/mol. The second-order valence-corrected chi connectivity index (χ2v) is 4.83. The molecule has 0 aromatic heterocycles. The van der Waals surface area contributed by atoms with Crippen molar-refractivity contribution in [2.24, 2.45) is 5.92 Å². The van der Waals surface area contributed by atoms with Crippen molar-refractivity contribution < 1.29 is 9.53 Å². The number of nitrogens with one attached hydrogen (secondary N) is 1. The normalized spacial score (nSPS) is 27.4. The number of carbonyl (C=O) groups is 1. The number of ether oxygens (including phenoxy) is 1. The summed E-state index contributed by atoms with van der Waals surface area (Å²) in [5, 5.41) is 3.14. The zero-order valence-electron chi connectivity index (χ0n) is 10.8. The van der Waals surface area contributed by atoms with Crippen LogP contribution in [-0.2, 0) is 9.53 Å². The van der Waals surface area contributed by atoms with Crippen LogP contribution in [0.5, 0.6) is 0 Å². The summed E-state index contributed by atoms with van der Waals surface area (Å²) in [6.07, 6.45) is 7.06. The Kier molecular flexibility index (Phi) is 5.81. The summed E-state index contributed by atoms with van der Waals surface area (Å²) in [6, 6.07) is 0.374. The number of hydrogen-bond donors (Lipinski definition) is 1. The van der Waals surface area contributed by atoms with Gasteiger partial charge in [0.15, 0.2) is 0 Å².